The van der Waals surface area contributed by atoms with Gasteiger partial charge in [0.2, 0.25) is 0 Å². The molecule has 0 saturated heterocycles. The van der Waals surface area contributed by atoms with E-state index in [9.17, 15) is 0 Å². The first-order valence-electron chi connectivity index (χ1n) is 2.87. The lowest BCUT2D eigenvalue weighted by atomic mass is 10.4. The molecule has 46 valence electrons. The SMILES string of the molecule is C=C=CSCCCC. The van der Waals surface area contributed by atoms with Gasteiger partial charge in [0.25, 0.3) is 0 Å². The lowest BCUT2D eigenvalue weighted by Crippen LogP contribution is -1.71. The van der Waals surface area contributed by atoms with E-state index in [-0.39, 0.29) is 0 Å². The molecule has 0 saturated carbocycles. The second kappa shape index (κ2) is 6.87. The lowest BCUT2D eigenvalue weighted by molar-refractivity contribution is 0.898. The van der Waals surface area contributed by atoms with Crippen LogP contribution in [0.3, 0.4) is 0 Å². The molecule has 0 aromatic heterocycles. The summed E-state index contributed by atoms with van der Waals surface area (Å²) in [6.45, 7) is 5.65. The Kier molecular flexibility index (Phi) is 6.76. The maximum Gasteiger partial charge on any atom is 0.0122 e. The largest absolute Gasteiger partial charge is 0.126 e. The van der Waals surface area contributed by atoms with Crippen LogP contribution in [0, 0.1) is 0 Å². The van der Waals surface area contributed by atoms with E-state index in [1.54, 1.807) is 11.8 Å². The van der Waals surface area contributed by atoms with Crippen LogP contribution in [0.1, 0.15) is 19.8 Å². The smallest absolute Gasteiger partial charge is 0.0122 e. The van der Waals surface area contributed by atoms with E-state index in [0.717, 1.165) is 0 Å². The Hall–Kier alpha value is -0.130. The van der Waals surface area contributed by atoms with E-state index in [4.69, 9.17) is 0 Å². The predicted molar refractivity (Wildman–Crippen MR) is 41.1 cm³/mol. The van der Waals surface area contributed by atoms with E-state index in [2.05, 4.69) is 19.2 Å². The van der Waals surface area contributed by atoms with Gasteiger partial charge < -0.3 is 0 Å². The van der Waals surface area contributed by atoms with Crippen molar-refractivity contribution in [2.75, 3.05) is 5.75 Å². The van der Waals surface area contributed by atoms with Gasteiger partial charge in [-0.2, -0.15) is 0 Å². The van der Waals surface area contributed by atoms with Crippen molar-refractivity contribution in [1.29, 1.82) is 0 Å². The topological polar surface area (TPSA) is 0 Å². The van der Waals surface area contributed by atoms with Crippen LogP contribution < -0.4 is 0 Å². The van der Waals surface area contributed by atoms with Gasteiger partial charge >= 0.3 is 0 Å². The fraction of sp³-hybridized carbons (Fsp3) is 0.571. The van der Waals surface area contributed by atoms with Gasteiger partial charge in [0.1, 0.15) is 0 Å². The molecule has 0 nitrogen and oxygen atoms in total. The Bertz CT molecular complexity index is 80.4. The summed E-state index contributed by atoms with van der Waals surface area (Å²) in [5.41, 5.74) is 2.71. The van der Waals surface area contributed by atoms with Gasteiger partial charge in [-0.3, -0.25) is 0 Å². The monoisotopic (exact) mass is 128 g/mol. The van der Waals surface area contributed by atoms with Gasteiger partial charge in [-0.25, -0.2) is 0 Å². The molecular weight excluding hydrogens is 116 g/mol. The third kappa shape index (κ3) is 5.87. The van der Waals surface area contributed by atoms with Gasteiger partial charge in [0.15, 0.2) is 0 Å². The Morgan fingerprint density at radius 3 is 3.00 bits per heavy atom. The van der Waals surface area contributed by atoms with Crippen molar-refractivity contribution in [3.8, 4) is 0 Å². The van der Waals surface area contributed by atoms with Crippen molar-refractivity contribution in [3.63, 3.8) is 0 Å². The van der Waals surface area contributed by atoms with Crippen molar-refractivity contribution in [2.45, 2.75) is 19.8 Å². The van der Waals surface area contributed by atoms with Crippen molar-refractivity contribution >= 4 is 11.8 Å². The number of hydrogen-bond donors (Lipinski definition) is 0. The zero-order chi connectivity index (χ0) is 6.24. The summed E-state index contributed by atoms with van der Waals surface area (Å²) in [5.74, 6) is 1.21. The number of thioether (sulfide) groups is 1. The number of unbranched alkanes of at least 4 members (excludes halogenated alkanes) is 1. The van der Waals surface area contributed by atoms with Gasteiger partial charge in [0, 0.05) is 5.41 Å². The van der Waals surface area contributed by atoms with Gasteiger partial charge in [-0.1, -0.05) is 19.9 Å². The van der Waals surface area contributed by atoms with Gasteiger partial charge in [-0.15, -0.1) is 17.5 Å². The first-order valence-corrected chi connectivity index (χ1v) is 3.92. The molecule has 0 aliphatic carbocycles. The molecule has 0 radical (unpaired) electrons. The minimum Gasteiger partial charge on any atom is -0.126 e. The average Bonchev–Trinajstić information content (AvgIpc) is 1.81. The highest BCUT2D eigenvalue weighted by molar-refractivity contribution is 8.02. The van der Waals surface area contributed by atoms with E-state index in [1.165, 1.54) is 18.6 Å². The van der Waals surface area contributed by atoms with Crippen molar-refractivity contribution in [2.24, 2.45) is 0 Å². The molecule has 0 aromatic carbocycles. The van der Waals surface area contributed by atoms with Crippen LogP contribution in [0.2, 0.25) is 0 Å². The number of hydrogen-bond acceptors (Lipinski definition) is 1. The molecule has 0 aliphatic heterocycles. The average molecular weight is 128 g/mol. The van der Waals surface area contributed by atoms with E-state index >= 15 is 0 Å². The Labute approximate surface area is 55.7 Å². The molecule has 0 rings (SSSR count). The van der Waals surface area contributed by atoms with Crippen molar-refractivity contribution in [3.05, 3.63) is 17.7 Å². The Morgan fingerprint density at radius 2 is 2.50 bits per heavy atom. The Morgan fingerprint density at radius 1 is 1.75 bits per heavy atom. The highest BCUT2D eigenvalue weighted by Gasteiger charge is 1.78. The molecule has 0 fully saturated rings. The summed E-state index contributed by atoms with van der Waals surface area (Å²) in [4.78, 5) is 0. The van der Waals surface area contributed by atoms with Crippen LogP contribution in [-0.4, -0.2) is 5.75 Å². The minimum absolute atomic E-state index is 1.21. The Balaban J connectivity index is 2.82. The quantitative estimate of drug-likeness (QED) is 0.414. The molecule has 8 heavy (non-hydrogen) atoms. The molecule has 0 spiro atoms. The first kappa shape index (κ1) is 7.87. The maximum absolute atomic E-state index is 3.46. The molecule has 0 aliphatic rings. The van der Waals surface area contributed by atoms with Crippen LogP contribution in [0.15, 0.2) is 17.7 Å². The van der Waals surface area contributed by atoms with E-state index < -0.39 is 0 Å². The fourth-order valence-electron chi connectivity index (χ4n) is 0.346. The molecule has 0 unspecified atom stereocenters. The molecule has 0 heterocycles. The molecule has 0 amide bonds. The lowest BCUT2D eigenvalue weighted by Gasteiger charge is -1.87. The van der Waals surface area contributed by atoms with E-state index in [1.807, 2.05) is 5.41 Å². The summed E-state index contributed by atoms with van der Waals surface area (Å²) in [6.07, 6.45) is 2.57. The zero-order valence-electron chi connectivity index (χ0n) is 5.31. The van der Waals surface area contributed by atoms with Gasteiger partial charge in [0.05, 0.1) is 0 Å². The third-order valence-corrected chi connectivity index (χ3v) is 1.64. The summed E-state index contributed by atoms with van der Waals surface area (Å²) in [7, 11) is 0. The second-order valence-corrected chi connectivity index (χ2v) is 2.52. The molecule has 0 bridgehead atoms. The highest BCUT2D eigenvalue weighted by Crippen LogP contribution is 2.03. The maximum atomic E-state index is 3.46. The highest BCUT2D eigenvalue weighted by atomic mass is 32.2. The van der Waals surface area contributed by atoms with Crippen LogP contribution in [0.25, 0.3) is 0 Å². The molecular formula is C7H12S. The summed E-state index contributed by atoms with van der Waals surface area (Å²) in [5, 5.41) is 1.91. The van der Waals surface area contributed by atoms with Crippen LogP contribution >= 0.6 is 11.8 Å². The zero-order valence-corrected chi connectivity index (χ0v) is 6.13. The summed E-state index contributed by atoms with van der Waals surface area (Å²) < 4.78 is 0. The summed E-state index contributed by atoms with van der Waals surface area (Å²) in [6, 6.07) is 0. The summed E-state index contributed by atoms with van der Waals surface area (Å²) >= 11 is 1.78. The van der Waals surface area contributed by atoms with E-state index in [0.29, 0.717) is 0 Å². The number of rotatable bonds is 4. The third-order valence-electron chi connectivity index (χ3n) is 0.782. The fourth-order valence-corrected chi connectivity index (χ4v) is 1.04. The molecule has 1 heteroatoms. The van der Waals surface area contributed by atoms with Gasteiger partial charge in [-0.05, 0) is 12.2 Å². The molecule has 0 N–H and O–H groups in total. The van der Waals surface area contributed by atoms with Crippen LogP contribution in [-0.2, 0) is 0 Å². The van der Waals surface area contributed by atoms with Crippen molar-refractivity contribution in [1.82, 2.24) is 0 Å². The van der Waals surface area contributed by atoms with Crippen molar-refractivity contribution < 1.29 is 0 Å². The normalized spacial score (nSPS) is 8.12. The predicted octanol–water partition coefficient (Wildman–Crippen LogP) is 2.82. The van der Waals surface area contributed by atoms with Crippen LogP contribution in [0.5, 0.6) is 0 Å². The standard InChI is InChI=1S/C7H12S/c1-3-5-7-8-6-4-2/h6H,2-3,5,7H2,1H3. The minimum atomic E-state index is 1.21. The molecule has 0 aromatic rings. The molecule has 0 atom stereocenters. The first-order chi connectivity index (χ1) is 3.91. The van der Waals surface area contributed by atoms with Crippen LogP contribution in [0.4, 0.5) is 0 Å². The second-order valence-electron chi connectivity index (χ2n) is 1.55.